The van der Waals surface area contributed by atoms with Crippen LogP contribution in [0.25, 0.3) is 0 Å². The second-order valence-corrected chi connectivity index (χ2v) is 3.80. The van der Waals surface area contributed by atoms with Crippen LogP contribution in [0, 0.1) is 0 Å². The van der Waals surface area contributed by atoms with Gasteiger partial charge < -0.3 is 9.79 Å². The first kappa shape index (κ1) is 12.6. The Morgan fingerprint density at radius 2 is 2.00 bits per heavy atom. The van der Waals surface area contributed by atoms with Crippen LogP contribution in [-0.4, -0.2) is 15.9 Å². The van der Waals surface area contributed by atoms with Crippen LogP contribution in [0.4, 0.5) is 0 Å². The molecule has 0 saturated heterocycles. The molecule has 4 nitrogen and oxygen atoms in total. The molecule has 76 valence electrons. The second kappa shape index (κ2) is 6.11. The Morgan fingerprint density at radius 1 is 1.38 bits per heavy atom. The van der Waals surface area contributed by atoms with E-state index in [2.05, 4.69) is 17.7 Å². The number of hydrogen-bond acceptors (Lipinski definition) is 2. The molecule has 0 aromatic rings. The van der Waals surface area contributed by atoms with Crippen molar-refractivity contribution in [3.63, 3.8) is 0 Å². The van der Waals surface area contributed by atoms with Gasteiger partial charge in [-0.2, -0.15) is 0 Å². The third-order valence-electron chi connectivity index (χ3n) is 1.41. The molecular formula is C8H15O4P. The van der Waals surface area contributed by atoms with Crippen molar-refractivity contribution in [1.29, 1.82) is 0 Å². The summed E-state index contributed by atoms with van der Waals surface area (Å²) in [5.74, 6) is 0. The molecule has 0 radical (unpaired) electrons. The van der Waals surface area contributed by atoms with Crippen molar-refractivity contribution in [3.05, 3.63) is 25.3 Å². The van der Waals surface area contributed by atoms with Crippen LogP contribution in [0.5, 0.6) is 0 Å². The van der Waals surface area contributed by atoms with E-state index in [-0.39, 0.29) is 0 Å². The second-order valence-electron chi connectivity index (χ2n) is 2.61. The van der Waals surface area contributed by atoms with E-state index in [0.29, 0.717) is 19.3 Å². The Hall–Kier alpha value is -0.410. The van der Waals surface area contributed by atoms with Crippen molar-refractivity contribution in [3.8, 4) is 0 Å². The molecule has 0 rings (SSSR count). The van der Waals surface area contributed by atoms with Crippen molar-refractivity contribution in [2.24, 2.45) is 0 Å². The highest BCUT2D eigenvalue weighted by Gasteiger charge is 2.20. The molecule has 0 fully saturated rings. The lowest BCUT2D eigenvalue weighted by atomic mass is 10.1. The van der Waals surface area contributed by atoms with Crippen molar-refractivity contribution in [2.75, 3.05) is 0 Å². The molecule has 0 saturated carbocycles. The summed E-state index contributed by atoms with van der Waals surface area (Å²) >= 11 is 0. The van der Waals surface area contributed by atoms with Crippen molar-refractivity contribution >= 4 is 7.82 Å². The topological polar surface area (TPSA) is 66.8 Å². The van der Waals surface area contributed by atoms with Gasteiger partial charge in [0.1, 0.15) is 0 Å². The van der Waals surface area contributed by atoms with E-state index in [0.717, 1.165) is 0 Å². The SMILES string of the molecule is C=CCCC(CC=C)OP(=O)(O)O. The predicted molar refractivity (Wildman–Crippen MR) is 51.2 cm³/mol. The Kier molecular flexibility index (Phi) is 5.91. The van der Waals surface area contributed by atoms with Gasteiger partial charge in [0, 0.05) is 0 Å². The van der Waals surface area contributed by atoms with Crippen LogP contribution < -0.4 is 0 Å². The highest BCUT2D eigenvalue weighted by atomic mass is 31.2. The quantitative estimate of drug-likeness (QED) is 0.494. The Labute approximate surface area is 78.2 Å². The Bertz CT molecular complexity index is 208. The van der Waals surface area contributed by atoms with E-state index in [1.165, 1.54) is 0 Å². The molecular weight excluding hydrogens is 191 g/mol. The molecule has 0 aliphatic heterocycles. The lowest BCUT2D eigenvalue weighted by molar-refractivity contribution is 0.129. The van der Waals surface area contributed by atoms with Gasteiger partial charge in [0.15, 0.2) is 0 Å². The maximum absolute atomic E-state index is 10.5. The lowest BCUT2D eigenvalue weighted by Gasteiger charge is -2.15. The van der Waals surface area contributed by atoms with E-state index in [4.69, 9.17) is 9.79 Å². The standard InChI is InChI=1S/C8H15O4P/c1-3-5-7-8(6-4-2)12-13(9,10)11/h3-4,8H,1-2,5-7H2,(H2,9,10,11). The van der Waals surface area contributed by atoms with Gasteiger partial charge in [-0.05, 0) is 19.3 Å². The Balaban J connectivity index is 4.00. The molecule has 1 unspecified atom stereocenters. The first-order valence-electron chi connectivity index (χ1n) is 3.95. The number of allylic oxidation sites excluding steroid dienone is 1. The van der Waals surface area contributed by atoms with Crippen LogP contribution in [0.15, 0.2) is 25.3 Å². The maximum atomic E-state index is 10.5. The first-order chi connectivity index (χ1) is 5.99. The number of hydrogen-bond donors (Lipinski definition) is 2. The fourth-order valence-corrected chi connectivity index (χ4v) is 1.48. The van der Waals surface area contributed by atoms with Crippen molar-refractivity contribution in [2.45, 2.75) is 25.4 Å². The largest absolute Gasteiger partial charge is 0.469 e. The van der Waals surface area contributed by atoms with Gasteiger partial charge in [-0.25, -0.2) is 4.57 Å². The summed E-state index contributed by atoms with van der Waals surface area (Å²) in [7, 11) is -4.37. The molecule has 0 spiro atoms. The molecule has 0 heterocycles. The van der Waals surface area contributed by atoms with Crippen LogP contribution in [0.3, 0.4) is 0 Å². The zero-order chi connectivity index (χ0) is 10.3. The summed E-state index contributed by atoms with van der Waals surface area (Å²) in [4.78, 5) is 17.1. The highest BCUT2D eigenvalue weighted by Crippen LogP contribution is 2.39. The fraction of sp³-hybridized carbons (Fsp3) is 0.500. The molecule has 0 aromatic heterocycles. The summed E-state index contributed by atoms with van der Waals surface area (Å²) in [6.07, 6.45) is 4.41. The van der Waals surface area contributed by atoms with Gasteiger partial charge in [0.25, 0.3) is 0 Å². The average molecular weight is 206 g/mol. The lowest BCUT2D eigenvalue weighted by Crippen LogP contribution is -2.09. The molecule has 0 aliphatic rings. The van der Waals surface area contributed by atoms with E-state index in [9.17, 15) is 4.57 Å². The van der Waals surface area contributed by atoms with Gasteiger partial charge >= 0.3 is 7.82 Å². The summed E-state index contributed by atoms with van der Waals surface area (Å²) in [5, 5.41) is 0. The Morgan fingerprint density at radius 3 is 2.38 bits per heavy atom. The van der Waals surface area contributed by atoms with Crippen molar-refractivity contribution < 1.29 is 18.9 Å². The van der Waals surface area contributed by atoms with E-state index >= 15 is 0 Å². The zero-order valence-electron chi connectivity index (χ0n) is 7.43. The normalized spacial score (nSPS) is 13.7. The summed E-state index contributed by atoms with van der Waals surface area (Å²) in [6, 6.07) is 0. The molecule has 2 N–H and O–H groups in total. The van der Waals surface area contributed by atoms with E-state index < -0.39 is 13.9 Å². The van der Waals surface area contributed by atoms with Crippen LogP contribution in [-0.2, 0) is 9.09 Å². The molecule has 0 aromatic carbocycles. The maximum Gasteiger partial charge on any atom is 0.469 e. The fourth-order valence-electron chi connectivity index (χ4n) is 0.897. The van der Waals surface area contributed by atoms with Gasteiger partial charge in [-0.3, -0.25) is 4.52 Å². The third kappa shape index (κ3) is 7.94. The summed E-state index contributed by atoms with van der Waals surface area (Å²) < 4.78 is 15.0. The molecule has 0 amide bonds. The van der Waals surface area contributed by atoms with E-state index in [1.54, 1.807) is 12.2 Å². The number of phosphoric acid groups is 1. The van der Waals surface area contributed by atoms with Gasteiger partial charge in [-0.1, -0.05) is 12.2 Å². The molecule has 13 heavy (non-hydrogen) atoms. The summed E-state index contributed by atoms with van der Waals surface area (Å²) in [6.45, 7) is 6.99. The van der Waals surface area contributed by atoms with Crippen LogP contribution in [0.2, 0.25) is 0 Å². The highest BCUT2D eigenvalue weighted by molar-refractivity contribution is 7.46. The van der Waals surface area contributed by atoms with Gasteiger partial charge in [0.2, 0.25) is 0 Å². The molecule has 0 bridgehead atoms. The smallest absolute Gasteiger partial charge is 0.303 e. The molecule has 1 atom stereocenters. The van der Waals surface area contributed by atoms with Crippen LogP contribution >= 0.6 is 7.82 Å². The van der Waals surface area contributed by atoms with Crippen LogP contribution in [0.1, 0.15) is 19.3 Å². The summed E-state index contributed by atoms with van der Waals surface area (Å²) in [5.41, 5.74) is 0. The number of rotatable bonds is 7. The minimum Gasteiger partial charge on any atom is -0.303 e. The first-order valence-corrected chi connectivity index (χ1v) is 5.48. The molecule has 5 heteroatoms. The third-order valence-corrected chi connectivity index (χ3v) is 1.98. The zero-order valence-corrected chi connectivity index (χ0v) is 8.32. The van der Waals surface area contributed by atoms with Gasteiger partial charge in [-0.15, -0.1) is 13.2 Å². The minimum absolute atomic E-state index is 0.430. The average Bonchev–Trinajstić information content (AvgIpc) is 1.98. The number of phosphoric ester groups is 1. The van der Waals surface area contributed by atoms with Gasteiger partial charge in [0.05, 0.1) is 6.10 Å². The predicted octanol–water partition coefficient (Wildman–Crippen LogP) is 2.01. The minimum atomic E-state index is -4.37. The van der Waals surface area contributed by atoms with Crippen molar-refractivity contribution in [1.82, 2.24) is 0 Å². The molecule has 0 aliphatic carbocycles. The van der Waals surface area contributed by atoms with E-state index in [1.807, 2.05) is 0 Å². The monoisotopic (exact) mass is 206 g/mol.